The van der Waals surface area contributed by atoms with Crippen molar-refractivity contribution in [3.05, 3.63) is 108 Å². The van der Waals surface area contributed by atoms with Crippen molar-refractivity contribution >= 4 is 22.8 Å². The van der Waals surface area contributed by atoms with Crippen LogP contribution in [0.25, 0.3) is 11.0 Å². The molecule has 9 nitrogen and oxygen atoms in total. The highest BCUT2D eigenvalue weighted by molar-refractivity contribution is 5.88. The van der Waals surface area contributed by atoms with Crippen LogP contribution in [0.3, 0.4) is 0 Å². The molecule has 0 radical (unpaired) electrons. The Kier molecular flexibility index (Phi) is 6.61. The lowest BCUT2D eigenvalue weighted by Crippen LogP contribution is -2.44. The van der Waals surface area contributed by atoms with Crippen LogP contribution in [-0.4, -0.2) is 31.7 Å². The first kappa shape index (κ1) is 23.1. The van der Waals surface area contributed by atoms with Crippen LogP contribution in [0.4, 0.5) is 0 Å². The minimum absolute atomic E-state index is 0.0882. The van der Waals surface area contributed by atoms with Gasteiger partial charge in [0.2, 0.25) is 5.91 Å². The third-order valence-corrected chi connectivity index (χ3v) is 5.89. The zero-order valence-electron chi connectivity index (χ0n) is 19.7. The number of aryl methyl sites for hydroxylation is 1. The van der Waals surface area contributed by atoms with Gasteiger partial charge >= 0.3 is 0 Å². The predicted octanol–water partition coefficient (Wildman–Crippen LogP) is 4.01. The molecule has 36 heavy (non-hydrogen) atoms. The van der Waals surface area contributed by atoms with Crippen LogP contribution in [-0.2, 0) is 29.2 Å². The van der Waals surface area contributed by atoms with Crippen molar-refractivity contribution in [2.75, 3.05) is 0 Å². The van der Waals surface area contributed by atoms with Gasteiger partial charge in [-0.2, -0.15) is 0 Å². The van der Waals surface area contributed by atoms with Crippen molar-refractivity contribution in [3.8, 4) is 0 Å². The number of nitrogens with zero attached hydrogens (tertiary/aromatic N) is 4. The maximum Gasteiger partial charge on any atom is 0.251 e. The summed E-state index contributed by atoms with van der Waals surface area (Å²) in [5.74, 6) is 0.272. The largest absolute Gasteiger partial charge is 0.467 e. The number of para-hydroxylation sites is 1. The first-order valence-electron chi connectivity index (χ1n) is 11.6. The highest BCUT2D eigenvalue weighted by Gasteiger charge is 2.34. The Labute approximate surface area is 207 Å². The van der Waals surface area contributed by atoms with Crippen LogP contribution in [0, 0.1) is 6.92 Å². The predicted molar refractivity (Wildman–Crippen MR) is 131 cm³/mol. The number of carbonyl (C=O) groups excluding carboxylic acids is 2. The van der Waals surface area contributed by atoms with Crippen LogP contribution in [0.2, 0.25) is 0 Å². The van der Waals surface area contributed by atoms with Crippen LogP contribution in [0.15, 0.2) is 94.2 Å². The molecule has 0 saturated heterocycles. The van der Waals surface area contributed by atoms with Gasteiger partial charge in [0.15, 0.2) is 6.04 Å². The molecule has 0 fully saturated rings. The SMILES string of the molecule is Cc1ccc(CN(C(=O)Cn2nnc3ccccc32)C(C(=O)NCc2ccco2)c2ccco2)cc1. The second-order valence-corrected chi connectivity index (χ2v) is 8.46. The highest BCUT2D eigenvalue weighted by atomic mass is 16.3. The third kappa shape index (κ3) is 5.05. The topological polar surface area (TPSA) is 106 Å². The summed E-state index contributed by atoms with van der Waals surface area (Å²) in [5, 5.41) is 11.2. The summed E-state index contributed by atoms with van der Waals surface area (Å²) in [4.78, 5) is 28.8. The van der Waals surface area contributed by atoms with Gasteiger partial charge in [0.25, 0.3) is 5.91 Å². The Balaban J connectivity index is 1.47. The molecule has 0 aliphatic carbocycles. The van der Waals surface area contributed by atoms with Crippen LogP contribution in [0.5, 0.6) is 0 Å². The minimum atomic E-state index is -1.00. The molecule has 0 bridgehead atoms. The summed E-state index contributed by atoms with van der Waals surface area (Å²) in [6.45, 7) is 2.29. The fraction of sp³-hybridized carbons (Fsp3) is 0.185. The fourth-order valence-corrected chi connectivity index (χ4v) is 4.02. The summed E-state index contributed by atoms with van der Waals surface area (Å²) < 4.78 is 12.5. The smallest absolute Gasteiger partial charge is 0.251 e. The second-order valence-electron chi connectivity index (χ2n) is 8.46. The summed E-state index contributed by atoms with van der Waals surface area (Å²) in [5.41, 5.74) is 3.41. The zero-order chi connectivity index (χ0) is 24.9. The number of benzene rings is 2. The van der Waals surface area contributed by atoms with Gasteiger partial charge in [0.05, 0.1) is 24.6 Å². The van der Waals surface area contributed by atoms with Gasteiger partial charge in [-0.1, -0.05) is 47.2 Å². The maximum absolute atomic E-state index is 13.8. The molecular weight excluding hydrogens is 458 g/mol. The van der Waals surface area contributed by atoms with Gasteiger partial charge in [-0.3, -0.25) is 9.59 Å². The molecule has 9 heteroatoms. The molecule has 1 unspecified atom stereocenters. The van der Waals surface area contributed by atoms with E-state index in [1.807, 2.05) is 55.5 Å². The molecule has 5 rings (SSSR count). The summed E-state index contributed by atoms with van der Waals surface area (Å²) in [6, 6.07) is 21.2. The van der Waals surface area contributed by atoms with E-state index < -0.39 is 6.04 Å². The number of fused-ring (bicyclic) bond motifs is 1. The van der Waals surface area contributed by atoms with E-state index in [0.29, 0.717) is 17.0 Å². The first-order chi connectivity index (χ1) is 17.6. The van der Waals surface area contributed by atoms with E-state index in [1.165, 1.54) is 11.2 Å². The molecule has 1 atom stereocenters. The lowest BCUT2D eigenvalue weighted by atomic mass is 10.1. The van der Waals surface area contributed by atoms with E-state index in [-0.39, 0.29) is 31.4 Å². The van der Waals surface area contributed by atoms with Crippen molar-refractivity contribution in [3.63, 3.8) is 0 Å². The number of furan rings is 2. The fourth-order valence-electron chi connectivity index (χ4n) is 4.02. The Morgan fingerprint density at radius 3 is 2.50 bits per heavy atom. The van der Waals surface area contributed by atoms with Crippen molar-refractivity contribution in [2.45, 2.75) is 32.6 Å². The molecule has 0 saturated carbocycles. The quantitative estimate of drug-likeness (QED) is 0.340. The number of carbonyl (C=O) groups is 2. The average Bonchev–Trinajstić information content (AvgIpc) is 3.67. The molecule has 182 valence electrons. The van der Waals surface area contributed by atoms with E-state index in [1.54, 1.807) is 35.2 Å². The van der Waals surface area contributed by atoms with Crippen molar-refractivity contribution < 1.29 is 18.4 Å². The van der Waals surface area contributed by atoms with E-state index in [0.717, 1.165) is 16.6 Å². The van der Waals surface area contributed by atoms with E-state index in [4.69, 9.17) is 8.83 Å². The molecule has 1 N–H and O–H groups in total. The Morgan fingerprint density at radius 1 is 0.972 bits per heavy atom. The standard InChI is InChI=1S/C27H25N5O4/c1-19-10-12-20(13-11-19)17-31(25(33)18-32-23-8-3-2-7-22(23)29-30-32)26(24-9-5-15-36-24)27(34)28-16-21-6-4-14-35-21/h2-15,26H,16-18H2,1H3,(H,28,34). The van der Waals surface area contributed by atoms with Crippen LogP contribution < -0.4 is 5.32 Å². The van der Waals surface area contributed by atoms with Gasteiger partial charge in [-0.15, -0.1) is 5.10 Å². The van der Waals surface area contributed by atoms with E-state index >= 15 is 0 Å². The first-order valence-corrected chi connectivity index (χ1v) is 11.6. The molecule has 5 aromatic rings. The molecule has 3 aromatic heterocycles. The number of hydrogen-bond acceptors (Lipinski definition) is 6. The lowest BCUT2D eigenvalue weighted by Gasteiger charge is -2.30. The van der Waals surface area contributed by atoms with E-state index in [9.17, 15) is 9.59 Å². The summed E-state index contributed by atoms with van der Waals surface area (Å²) in [6.07, 6.45) is 3.03. The number of rotatable bonds is 9. The van der Waals surface area contributed by atoms with Gasteiger partial charge in [0.1, 0.15) is 23.6 Å². The third-order valence-electron chi connectivity index (χ3n) is 5.89. The zero-order valence-corrected chi connectivity index (χ0v) is 19.7. The van der Waals surface area contributed by atoms with Crippen molar-refractivity contribution in [1.82, 2.24) is 25.2 Å². The van der Waals surface area contributed by atoms with E-state index in [2.05, 4.69) is 15.6 Å². The van der Waals surface area contributed by atoms with Crippen LogP contribution in [0.1, 0.15) is 28.7 Å². The molecule has 0 spiro atoms. The van der Waals surface area contributed by atoms with Crippen molar-refractivity contribution in [1.29, 1.82) is 0 Å². The number of nitrogens with one attached hydrogen (secondary N) is 1. The highest BCUT2D eigenvalue weighted by Crippen LogP contribution is 2.25. The Morgan fingerprint density at radius 2 is 1.75 bits per heavy atom. The molecule has 2 aromatic carbocycles. The normalized spacial score (nSPS) is 11.9. The number of aromatic nitrogens is 3. The van der Waals surface area contributed by atoms with Gasteiger partial charge in [-0.25, -0.2) is 4.68 Å². The van der Waals surface area contributed by atoms with Gasteiger partial charge in [0, 0.05) is 6.54 Å². The number of amides is 2. The van der Waals surface area contributed by atoms with Gasteiger partial charge in [-0.05, 0) is 48.9 Å². The second kappa shape index (κ2) is 10.3. The molecule has 0 aliphatic heterocycles. The maximum atomic E-state index is 13.8. The Bertz CT molecular complexity index is 1440. The average molecular weight is 484 g/mol. The van der Waals surface area contributed by atoms with Crippen molar-refractivity contribution in [2.24, 2.45) is 0 Å². The summed E-state index contributed by atoms with van der Waals surface area (Å²) >= 11 is 0. The molecular formula is C27H25N5O4. The van der Waals surface area contributed by atoms with Gasteiger partial charge < -0.3 is 19.1 Å². The molecule has 2 amide bonds. The Hall–Kier alpha value is -4.66. The lowest BCUT2D eigenvalue weighted by molar-refractivity contribution is -0.143. The molecule has 3 heterocycles. The van der Waals surface area contributed by atoms with Crippen LogP contribution >= 0.6 is 0 Å². The minimum Gasteiger partial charge on any atom is -0.467 e. The number of hydrogen-bond donors (Lipinski definition) is 1. The molecule has 0 aliphatic rings. The summed E-state index contributed by atoms with van der Waals surface area (Å²) in [7, 11) is 0. The monoisotopic (exact) mass is 483 g/mol.